The molecule has 1 unspecified atom stereocenters. The maximum Gasteiger partial charge on any atom is 0.125 e. The Bertz CT molecular complexity index is 420. The fourth-order valence-corrected chi connectivity index (χ4v) is 2.45. The van der Waals surface area contributed by atoms with Crippen molar-refractivity contribution in [1.82, 2.24) is 4.90 Å². The minimum Gasteiger partial charge on any atom is -0.490 e. The largest absolute Gasteiger partial charge is 0.490 e. The molecule has 1 aromatic rings. The zero-order valence-electron chi connectivity index (χ0n) is 12.6. The monoisotopic (exact) mass is 279 g/mol. The van der Waals surface area contributed by atoms with Crippen LogP contribution in [0.15, 0.2) is 24.3 Å². The molecule has 1 saturated heterocycles. The van der Waals surface area contributed by atoms with Crippen molar-refractivity contribution >= 4 is 0 Å². The average molecular weight is 279 g/mol. The first-order valence-corrected chi connectivity index (χ1v) is 7.33. The van der Waals surface area contributed by atoms with Gasteiger partial charge in [-0.15, -0.1) is 0 Å². The van der Waals surface area contributed by atoms with Crippen LogP contribution < -0.4 is 4.74 Å². The van der Waals surface area contributed by atoms with E-state index in [2.05, 4.69) is 18.7 Å². The van der Waals surface area contributed by atoms with Crippen LogP contribution in [0.1, 0.15) is 32.4 Å². The van der Waals surface area contributed by atoms with Crippen molar-refractivity contribution in [2.75, 3.05) is 26.3 Å². The van der Waals surface area contributed by atoms with Crippen LogP contribution >= 0.6 is 0 Å². The molecule has 0 bridgehead atoms. The topological polar surface area (TPSA) is 41.9 Å². The van der Waals surface area contributed by atoms with Crippen LogP contribution in [0.25, 0.3) is 0 Å². The Morgan fingerprint density at radius 3 is 2.80 bits per heavy atom. The third kappa shape index (κ3) is 3.95. The first-order chi connectivity index (χ1) is 9.58. The second-order valence-electron chi connectivity index (χ2n) is 5.61. The van der Waals surface area contributed by atoms with Crippen LogP contribution in [-0.4, -0.2) is 48.5 Å². The Hall–Kier alpha value is -1.10. The van der Waals surface area contributed by atoms with Gasteiger partial charge in [0.25, 0.3) is 0 Å². The number of nitrogens with zero attached hydrogens (tertiary/aromatic N) is 1. The molecule has 1 heterocycles. The summed E-state index contributed by atoms with van der Waals surface area (Å²) in [6.07, 6.45) is -0.432. The van der Waals surface area contributed by atoms with Crippen LogP contribution in [0.3, 0.4) is 0 Å². The van der Waals surface area contributed by atoms with Gasteiger partial charge in [0.05, 0.1) is 12.7 Å². The number of para-hydroxylation sites is 1. The lowest BCUT2D eigenvalue weighted by Gasteiger charge is -2.35. The minimum absolute atomic E-state index is 0.0909. The Morgan fingerprint density at radius 1 is 1.35 bits per heavy atom. The predicted molar refractivity (Wildman–Crippen MR) is 79.0 cm³/mol. The van der Waals surface area contributed by atoms with Crippen molar-refractivity contribution < 1.29 is 14.6 Å². The standard InChI is InChI=1S/C16H25NO3/c1-12(2)17-8-9-19-14(10-17)11-20-16-7-5-4-6-15(16)13(3)18/h4-7,12-14,18H,8-11H2,1-3H3/t13-,14?/m0/s1. The van der Waals surface area contributed by atoms with E-state index in [1.807, 2.05) is 24.3 Å². The molecular weight excluding hydrogens is 254 g/mol. The lowest BCUT2D eigenvalue weighted by atomic mass is 10.1. The molecule has 2 rings (SSSR count). The SMILES string of the molecule is CC(C)N1CCOC(COc2ccccc2[C@H](C)O)C1. The van der Waals surface area contributed by atoms with Crippen molar-refractivity contribution in [3.63, 3.8) is 0 Å². The van der Waals surface area contributed by atoms with E-state index in [1.54, 1.807) is 6.92 Å². The second kappa shape index (κ2) is 7.07. The molecule has 1 aromatic carbocycles. The molecule has 1 fully saturated rings. The van der Waals surface area contributed by atoms with Crippen LogP contribution in [-0.2, 0) is 4.74 Å². The first kappa shape index (κ1) is 15.3. The third-order valence-electron chi connectivity index (χ3n) is 3.69. The molecule has 1 aliphatic rings. The molecule has 20 heavy (non-hydrogen) atoms. The quantitative estimate of drug-likeness (QED) is 0.897. The third-order valence-corrected chi connectivity index (χ3v) is 3.69. The Morgan fingerprint density at radius 2 is 2.10 bits per heavy atom. The molecule has 0 spiro atoms. The van der Waals surface area contributed by atoms with Gasteiger partial charge in [0.1, 0.15) is 18.5 Å². The molecule has 4 heteroatoms. The van der Waals surface area contributed by atoms with E-state index in [9.17, 15) is 5.11 Å². The number of aliphatic hydroxyl groups is 1. The molecular formula is C16H25NO3. The lowest BCUT2D eigenvalue weighted by molar-refractivity contribution is -0.0567. The van der Waals surface area contributed by atoms with Gasteiger partial charge in [-0.1, -0.05) is 18.2 Å². The summed E-state index contributed by atoms with van der Waals surface area (Å²) in [4.78, 5) is 2.40. The van der Waals surface area contributed by atoms with Crippen molar-refractivity contribution in [3.8, 4) is 5.75 Å². The normalized spacial score (nSPS) is 21.9. The Kier molecular flexibility index (Phi) is 5.40. The molecule has 0 aromatic heterocycles. The van der Waals surface area contributed by atoms with Crippen LogP contribution in [0.5, 0.6) is 5.75 Å². The van der Waals surface area contributed by atoms with Crippen molar-refractivity contribution in [2.45, 2.75) is 39.0 Å². The molecule has 0 amide bonds. The highest BCUT2D eigenvalue weighted by Gasteiger charge is 2.23. The molecule has 0 saturated carbocycles. The molecule has 4 nitrogen and oxygen atoms in total. The number of aliphatic hydroxyl groups excluding tert-OH is 1. The van der Waals surface area contributed by atoms with Crippen molar-refractivity contribution in [1.29, 1.82) is 0 Å². The van der Waals surface area contributed by atoms with Gasteiger partial charge in [0.15, 0.2) is 0 Å². The molecule has 2 atom stereocenters. The summed E-state index contributed by atoms with van der Waals surface area (Å²) in [7, 11) is 0. The summed E-state index contributed by atoms with van der Waals surface area (Å²) in [5.74, 6) is 0.743. The van der Waals surface area contributed by atoms with Gasteiger partial charge in [0, 0.05) is 24.7 Å². The Balaban J connectivity index is 1.92. The van der Waals surface area contributed by atoms with Gasteiger partial charge in [-0.3, -0.25) is 4.90 Å². The first-order valence-electron chi connectivity index (χ1n) is 7.33. The molecule has 1 aliphatic heterocycles. The number of hydrogen-bond donors (Lipinski definition) is 1. The average Bonchev–Trinajstić information content (AvgIpc) is 2.45. The summed E-state index contributed by atoms with van der Waals surface area (Å²) in [6.45, 7) is 9.31. The lowest BCUT2D eigenvalue weighted by Crippen LogP contribution is -2.47. The fraction of sp³-hybridized carbons (Fsp3) is 0.625. The highest BCUT2D eigenvalue weighted by Crippen LogP contribution is 2.25. The zero-order valence-corrected chi connectivity index (χ0v) is 12.6. The van der Waals surface area contributed by atoms with E-state index in [0.717, 1.165) is 31.0 Å². The van der Waals surface area contributed by atoms with E-state index in [1.165, 1.54) is 0 Å². The minimum atomic E-state index is -0.523. The van der Waals surface area contributed by atoms with Crippen LogP contribution in [0.4, 0.5) is 0 Å². The number of rotatable bonds is 5. The van der Waals surface area contributed by atoms with E-state index in [0.29, 0.717) is 12.6 Å². The highest BCUT2D eigenvalue weighted by atomic mass is 16.5. The zero-order chi connectivity index (χ0) is 14.5. The number of benzene rings is 1. The summed E-state index contributed by atoms with van der Waals surface area (Å²) in [6, 6.07) is 8.15. The summed E-state index contributed by atoms with van der Waals surface area (Å²) >= 11 is 0. The van der Waals surface area contributed by atoms with Crippen molar-refractivity contribution in [3.05, 3.63) is 29.8 Å². The van der Waals surface area contributed by atoms with E-state index in [4.69, 9.17) is 9.47 Å². The molecule has 0 radical (unpaired) electrons. The van der Waals surface area contributed by atoms with Gasteiger partial charge < -0.3 is 14.6 Å². The van der Waals surface area contributed by atoms with Crippen LogP contribution in [0, 0.1) is 0 Å². The highest BCUT2D eigenvalue weighted by molar-refractivity contribution is 5.34. The van der Waals surface area contributed by atoms with E-state index >= 15 is 0 Å². The van der Waals surface area contributed by atoms with Gasteiger partial charge in [0.2, 0.25) is 0 Å². The summed E-state index contributed by atoms with van der Waals surface area (Å²) in [5.41, 5.74) is 0.823. The predicted octanol–water partition coefficient (Wildman–Crippen LogP) is 2.23. The van der Waals surface area contributed by atoms with Gasteiger partial charge in [-0.25, -0.2) is 0 Å². The smallest absolute Gasteiger partial charge is 0.125 e. The van der Waals surface area contributed by atoms with Crippen LogP contribution in [0.2, 0.25) is 0 Å². The molecule has 0 aliphatic carbocycles. The molecule has 112 valence electrons. The van der Waals surface area contributed by atoms with E-state index in [-0.39, 0.29) is 6.10 Å². The van der Waals surface area contributed by atoms with E-state index < -0.39 is 6.10 Å². The number of hydrogen-bond acceptors (Lipinski definition) is 4. The van der Waals surface area contributed by atoms with Gasteiger partial charge in [-0.2, -0.15) is 0 Å². The summed E-state index contributed by atoms with van der Waals surface area (Å²) in [5, 5.41) is 9.74. The number of morpholine rings is 1. The summed E-state index contributed by atoms with van der Waals surface area (Å²) < 4.78 is 11.6. The Labute approximate surface area is 121 Å². The van der Waals surface area contributed by atoms with Gasteiger partial charge in [-0.05, 0) is 26.8 Å². The molecule has 1 N–H and O–H groups in total. The maximum absolute atomic E-state index is 9.74. The fourth-order valence-electron chi connectivity index (χ4n) is 2.45. The number of ether oxygens (including phenoxy) is 2. The van der Waals surface area contributed by atoms with Crippen molar-refractivity contribution in [2.24, 2.45) is 0 Å². The maximum atomic E-state index is 9.74. The van der Waals surface area contributed by atoms with Gasteiger partial charge >= 0.3 is 0 Å². The second-order valence-corrected chi connectivity index (χ2v) is 5.61.